The molecule has 0 fully saturated rings. The molecule has 1 aromatic rings. The first kappa shape index (κ1) is 9.11. The molecule has 0 spiro atoms. The number of rotatable bonds is 1. The lowest BCUT2D eigenvalue weighted by Crippen LogP contribution is -3.00. The van der Waals surface area contributed by atoms with E-state index in [1.165, 1.54) is 0 Å². The van der Waals surface area contributed by atoms with Crippen molar-refractivity contribution in [3.8, 4) is 0 Å². The van der Waals surface area contributed by atoms with Gasteiger partial charge in [0.15, 0.2) is 6.20 Å². The first-order valence-corrected chi connectivity index (χ1v) is 2.77. The summed E-state index contributed by atoms with van der Waals surface area (Å²) in [5.74, 6) is 0. The van der Waals surface area contributed by atoms with Gasteiger partial charge in [-0.05, 0) is 13.0 Å². The standard InChI is InChI=1S/C7H7NO.ClH/c1-6-3-2-4-8-7(6)5-9;/h2-5H,1H3;1H. The molecule has 54 valence electrons. The molecule has 10 heavy (non-hydrogen) atoms. The number of nitrogens with one attached hydrogen (secondary N) is 1. The van der Waals surface area contributed by atoms with Gasteiger partial charge in [-0.1, -0.05) is 0 Å². The number of aromatic amines is 1. The smallest absolute Gasteiger partial charge is 0.246 e. The molecule has 0 aliphatic heterocycles. The quantitative estimate of drug-likeness (QED) is 0.419. The Kier molecular flexibility index (Phi) is 3.65. The topological polar surface area (TPSA) is 31.2 Å². The maximum Gasteiger partial charge on any atom is 0.246 e. The highest BCUT2D eigenvalue weighted by Gasteiger charge is 1.99. The second-order valence-electron chi connectivity index (χ2n) is 1.88. The molecule has 0 bridgehead atoms. The highest BCUT2D eigenvalue weighted by atomic mass is 35.5. The highest BCUT2D eigenvalue weighted by molar-refractivity contribution is 5.71. The summed E-state index contributed by atoms with van der Waals surface area (Å²) < 4.78 is 0. The molecule has 0 aliphatic carbocycles. The van der Waals surface area contributed by atoms with Crippen LogP contribution in [0.25, 0.3) is 0 Å². The Labute approximate surface area is 65.7 Å². The fraction of sp³-hybridized carbons (Fsp3) is 0.143. The predicted molar refractivity (Wildman–Crippen MR) is 33.1 cm³/mol. The zero-order valence-corrected chi connectivity index (χ0v) is 6.35. The summed E-state index contributed by atoms with van der Waals surface area (Å²) in [6, 6.07) is 3.75. The molecular weight excluding hydrogens is 150 g/mol. The van der Waals surface area contributed by atoms with Crippen LogP contribution in [0.1, 0.15) is 16.1 Å². The van der Waals surface area contributed by atoms with E-state index in [1.807, 2.05) is 19.1 Å². The highest BCUT2D eigenvalue weighted by Crippen LogP contribution is 1.94. The number of hydrogen-bond acceptors (Lipinski definition) is 1. The molecule has 0 aromatic carbocycles. The van der Waals surface area contributed by atoms with Crippen molar-refractivity contribution < 1.29 is 22.2 Å². The Bertz CT molecular complexity index is 225. The van der Waals surface area contributed by atoms with E-state index in [1.54, 1.807) is 6.20 Å². The van der Waals surface area contributed by atoms with Gasteiger partial charge in [-0.3, -0.25) is 4.79 Å². The van der Waals surface area contributed by atoms with Crippen molar-refractivity contribution in [2.24, 2.45) is 0 Å². The Balaban J connectivity index is 0.000000810. The van der Waals surface area contributed by atoms with Gasteiger partial charge in [0, 0.05) is 11.6 Å². The number of carbonyl (C=O) groups excluding carboxylic acids is 1. The molecule has 1 aromatic heterocycles. The van der Waals surface area contributed by atoms with Gasteiger partial charge in [0.1, 0.15) is 0 Å². The largest absolute Gasteiger partial charge is 1.00 e. The van der Waals surface area contributed by atoms with E-state index in [9.17, 15) is 4.79 Å². The van der Waals surface area contributed by atoms with Crippen LogP contribution in [0, 0.1) is 6.92 Å². The summed E-state index contributed by atoms with van der Waals surface area (Å²) in [7, 11) is 0. The van der Waals surface area contributed by atoms with Crippen LogP contribution in [0.3, 0.4) is 0 Å². The van der Waals surface area contributed by atoms with Crippen LogP contribution in [-0.4, -0.2) is 6.29 Å². The number of aryl methyl sites for hydroxylation is 1. The molecule has 0 atom stereocenters. The number of hydrogen-bond donors (Lipinski definition) is 0. The number of H-pyrrole nitrogens is 1. The van der Waals surface area contributed by atoms with Gasteiger partial charge in [-0.25, -0.2) is 4.98 Å². The zero-order valence-electron chi connectivity index (χ0n) is 5.60. The molecule has 0 aliphatic rings. The van der Waals surface area contributed by atoms with Crippen molar-refractivity contribution in [2.75, 3.05) is 0 Å². The molecule has 1 rings (SSSR count). The first-order valence-electron chi connectivity index (χ1n) is 2.77. The summed E-state index contributed by atoms with van der Waals surface area (Å²) in [5, 5.41) is 0. The van der Waals surface area contributed by atoms with E-state index in [0.29, 0.717) is 5.69 Å². The van der Waals surface area contributed by atoms with Gasteiger partial charge in [0.25, 0.3) is 0 Å². The molecule has 2 nitrogen and oxygen atoms in total. The van der Waals surface area contributed by atoms with E-state index in [4.69, 9.17) is 0 Å². The van der Waals surface area contributed by atoms with Crippen LogP contribution in [-0.2, 0) is 0 Å². The summed E-state index contributed by atoms with van der Waals surface area (Å²) in [5.41, 5.74) is 1.63. The lowest BCUT2D eigenvalue weighted by molar-refractivity contribution is -0.381. The number of aldehydes is 1. The van der Waals surface area contributed by atoms with Crippen molar-refractivity contribution >= 4 is 6.29 Å². The average molecular weight is 158 g/mol. The number of pyridine rings is 1. The van der Waals surface area contributed by atoms with Gasteiger partial charge in [-0.2, -0.15) is 0 Å². The average Bonchev–Trinajstić information content (AvgIpc) is 1.89. The molecular formula is C7H8ClNO. The van der Waals surface area contributed by atoms with E-state index < -0.39 is 0 Å². The van der Waals surface area contributed by atoms with Crippen LogP contribution >= 0.6 is 0 Å². The Hall–Kier alpha value is -0.890. The molecule has 0 amide bonds. The normalized spacial score (nSPS) is 8.10. The number of halogens is 1. The van der Waals surface area contributed by atoms with Crippen LogP contribution < -0.4 is 17.4 Å². The Morgan fingerprint density at radius 1 is 1.60 bits per heavy atom. The van der Waals surface area contributed by atoms with Gasteiger partial charge >= 0.3 is 0 Å². The maximum absolute atomic E-state index is 10.2. The van der Waals surface area contributed by atoms with Crippen LogP contribution in [0.15, 0.2) is 18.3 Å². The van der Waals surface area contributed by atoms with Crippen LogP contribution in [0.5, 0.6) is 0 Å². The number of aromatic nitrogens is 1. The minimum Gasteiger partial charge on any atom is -1.00 e. The lowest BCUT2D eigenvalue weighted by atomic mass is 10.2. The second kappa shape index (κ2) is 4.01. The minimum absolute atomic E-state index is 0. The summed E-state index contributed by atoms with van der Waals surface area (Å²) >= 11 is 0. The molecule has 0 saturated carbocycles. The van der Waals surface area contributed by atoms with E-state index >= 15 is 0 Å². The van der Waals surface area contributed by atoms with Crippen LogP contribution in [0.2, 0.25) is 0 Å². The van der Waals surface area contributed by atoms with Crippen molar-refractivity contribution in [3.63, 3.8) is 0 Å². The van der Waals surface area contributed by atoms with Crippen molar-refractivity contribution in [2.45, 2.75) is 6.92 Å². The first-order chi connectivity index (χ1) is 4.34. The van der Waals surface area contributed by atoms with Crippen molar-refractivity contribution in [1.82, 2.24) is 0 Å². The number of carbonyl (C=O) groups is 1. The van der Waals surface area contributed by atoms with Gasteiger partial charge in [0.05, 0.1) is 0 Å². The van der Waals surface area contributed by atoms with E-state index in [-0.39, 0.29) is 12.4 Å². The third-order valence-electron chi connectivity index (χ3n) is 1.22. The van der Waals surface area contributed by atoms with Gasteiger partial charge < -0.3 is 12.4 Å². The van der Waals surface area contributed by atoms with Crippen molar-refractivity contribution in [3.05, 3.63) is 29.6 Å². The SMILES string of the molecule is Cc1ccc[nH+]c1C=O.[Cl-]. The molecule has 1 heterocycles. The summed E-state index contributed by atoms with van der Waals surface area (Å²) in [6.45, 7) is 1.89. The second-order valence-corrected chi connectivity index (χ2v) is 1.88. The Morgan fingerprint density at radius 3 is 2.70 bits per heavy atom. The van der Waals surface area contributed by atoms with E-state index in [0.717, 1.165) is 11.8 Å². The van der Waals surface area contributed by atoms with Crippen LogP contribution in [0.4, 0.5) is 0 Å². The van der Waals surface area contributed by atoms with E-state index in [2.05, 4.69) is 4.98 Å². The van der Waals surface area contributed by atoms with Gasteiger partial charge in [0.2, 0.25) is 12.0 Å². The summed E-state index contributed by atoms with van der Waals surface area (Å²) in [6.07, 6.45) is 2.55. The lowest BCUT2D eigenvalue weighted by Gasteiger charge is -1.84. The maximum atomic E-state index is 10.2. The monoisotopic (exact) mass is 157 g/mol. The summed E-state index contributed by atoms with van der Waals surface area (Å²) in [4.78, 5) is 13.0. The molecule has 1 N–H and O–H groups in total. The molecule has 0 radical (unpaired) electrons. The molecule has 3 heteroatoms. The Morgan fingerprint density at radius 2 is 2.30 bits per heavy atom. The fourth-order valence-corrected chi connectivity index (χ4v) is 0.661. The molecule has 0 saturated heterocycles. The third-order valence-corrected chi connectivity index (χ3v) is 1.22. The van der Waals surface area contributed by atoms with Gasteiger partial charge in [-0.15, -0.1) is 0 Å². The zero-order chi connectivity index (χ0) is 6.69. The predicted octanol–water partition coefficient (Wildman–Crippen LogP) is -2.37. The molecule has 0 unspecified atom stereocenters. The minimum atomic E-state index is 0. The third kappa shape index (κ3) is 1.81. The van der Waals surface area contributed by atoms with Crippen molar-refractivity contribution in [1.29, 1.82) is 0 Å². The fourth-order valence-electron chi connectivity index (χ4n) is 0.661.